The predicted octanol–water partition coefficient (Wildman–Crippen LogP) is 0.870. The molecule has 1 aromatic carbocycles. The summed E-state index contributed by atoms with van der Waals surface area (Å²) in [6, 6.07) is 5.17. The molecule has 0 fully saturated rings. The Labute approximate surface area is 99.9 Å². The van der Waals surface area contributed by atoms with Crippen LogP contribution in [0.25, 0.3) is 0 Å². The molecular formula is C12H16N2O3. The zero-order valence-corrected chi connectivity index (χ0v) is 9.95. The normalized spacial score (nSPS) is 9.76. The lowest BCUT2D eigenvalue weighted by molar-refractivity contribution is -0.141. The van der Waals surface area contributed by atoms with E-state index < -0.39 is 5.97 Å². The summed E-state index contributed by atoms with van der Waals surface area (Å²) in [5.74, 6) is -0.841. The third kappa shape index (κ3) is 3.48. The van der Waals surface area contributed by atoms with Crippen LogP contribution in [0, 0.1) is 6.92 Å². The van der Waals surface area contributed by atoms with Crippen molar-refractivity contribution in [3.8, 4) is 0 Å². The van der Waals surface area contributed by atoms with E-state index in [1.165, 1.54) is 0 Å². The van der Waals surface area contributed by atoms with E-state index in [1.54, 1.807) is 19.1 Å². The van der Waals surface area contributed by atoms with Crippen molar-refractivity contribution in [2.24, 2.45) is 0 Å². The summed E-state index contributed by atoms with van der Waals surface area (Å²) >= 11 is 0. The maximum Gasteiger partial charge on any atom is 0.325 e. The molecule has 0 bridgehead atoms. The molecule has 1 rings (SSSR count). The van der Waals surface area contributed by atoms with Gasteiger partial charge in [0.15, 0.2) is 0 Å². The number of rotatable bonds is 4. The fraction of sp³-hybridized carbons (Fsp3) is 0.333. The molecule has 0 heterocycles. The number of nitrogen functional groups attached to an aromatic ring is 1. The fourth-order valence-corrected chi connectivity index (χ4v) is 1.34. The number of para-hydroxylation sites is 1. The highest BCUT2D eigenvalue weighted by Gasteiger charge is 2.12. The zero-order valence-electron chi connectivity index (χ0n) is 9.95. The van der Waals surface area contributed by atoms with Gasteiger partial charge in [0.25, 0.3) is 5.91 Å². The molecule has 0 radical (unpaired) electrons. The molecule has 0 atom stereocenters. The molecular weight excluding hydrogens is 220 g/mol. The number of nitrogens with one attached hydrogen (secondary N) is 1. The van der Waals surface area contributed by atoms with E-state index >= 15 is 0 Å². The fourth-order valence-electron chi connectivity index (χ4n) is 1.34. The maximum absolute atomic E-state index is 11.7. The van der Waals surface area contributed by atoms with Crippen molar-refractivity contribution in [2.75, 3.05) is 18.9 Å². The molecule has 0 saturated carbocycles. The Morgan fingerprint density at radius 2 is 2.12 bits per heavy atom. The van der Waals surface area contributed by atoms with Gasteiger partial charge in [-0.05, 0) is 25.5 Å². The number of hydrogen-bond acceptors (Lipinski definition) is 4. The zero-order chi connectivity index (χ0) is 12.8. The van der Waals surface area contributed by atoms with Crippen molar-refractivity contribution in [2.45, 2.75) is 13.8 Å². The number of benzene rings is 1. The Morgan fingerprint density at radius 1 is 1.41 bits per heavy atom. The van der Waals surface area contributed by atoms with Gasteiger partial charge in [0, 0.05) is 5.69 Å². The lowest BCUT2D eigenvalue weighted by Gasteiger charge is -2.08. The first-order valence-electron chi connectivity index (χ1n) is 5.35. The van der Waals surface area contributed by atoms with Crippen LogP contribution in [0.2, 0.25) is 0 Å². The number of nitrogens with two attached hydrogens (primary N) is 1. The van der Waals surface area contributed by atoms with Crippen molar-refractivity contribution in [3.63, 3.8) is 0 Å². The van der Waals surface area contributed by atoms with E-state index in [-0.39, 0.29) is 12.5 Å². The van der Waals surface area contributed by atoms with Crippen molar-refractivity contribution < 1.29 is 14.3 Å². The first-order valence-corrected chi connectivity index (χ1v) is 5.35. The number of esters is 1. The lowest BCUT2D eigenvalue weighted by Crippen LogP contribution is -2.31. The monoisotopic (exact) mass is 236 g/mol. The van der Waals surface area contributed by atoms with E-state index in [0.29, 0.717) is 17.9 Å². The molecule has 3 N–H and O–H groups in total. The average molecular weight is 236 g/mol. The van der Waals surface area contributed by atoms with Crippen LogP contribution in [0.1, 0.15) is 22.8 Å². The van der Waals surface area contributed by atoms with Gasteiger partial charge in [0.1, 0.15) is 6.54 Å². The highest BCUT2D eigenvalue weighted by molar-refractivity contribution is 6.00. The summed E-state index contributed by atoms with van der Waals surface area (Å²) in [5, 5.41) is 2.46. The van der Waals surface area contributed by atoms with E-state index in [9.17, 15) is 9.59 Å². The molecule has 1 aromatic rings. The SMILES string of the molecule is CCOC(=O)CNC(=O)c1cccc(C)c1N. The highest BCUT2D eigenvalue weighted by Crippen LogP contribution is 2.15. The minimum atomic E-state index is -0.466. The van der Waals surface area contributed by atoms with E-state index in [4.69, 9.17) is 10.5 Å². The molecule has 17 heavy (non-hydrogen) atoms. The van der Waals surface area contributed by atoms with Crippen LogP contribution in [0.5, 0.6) is 0 Å². The van der Waals surface area contributed by atoms with Gasteiger partial charge in [0.2, 0.25) is 0 Å². The van der Waals surface area contributed by atoms with Gasteiger partial charge in [0.05, 0.1) is 12.2 Å². The van der Waals surface area contributed by atoms with Gasteiger partial charge in [-0.2, -0.15) is 0 Å². The topological polar surface area (TPSA) is 81.4 Å². The number of ether oxygens (including phenoxy) is 1. The number of aryl methyl sites for hydroxylation is 1. The maximum atomic E-state index is 11.7. The van der Waals surface area contributed by atoms with Gasteiger partial charge < -0.3 is 15.8 Å². The smallest absolute Gasteiger partial charge is 0.325 e. The number of carbonyl (C=O) groups excluding carboxylic acids is 2. The number of anilines is 1. The minimum Gasteiger partial charge on any atom is -0.465 e. The van der Waals surface area contributed by atoms with Gasteiger partial charge in [-0.15, -0.1) is 0 Å². The van der Waals surface area contributed by atoms with Crippen LogP contribution in [0.3, 0.4) is 0 Å². The molecule has 0 aromatic heterocycles. The number of hydrogen-bond donors (Lipinski definition) is 2. The van der Waals surface area contributed by atoms with Gasteiger partial charge in [-0.1, -0.05) is 12.1 Å². The first kappa shape index (κ1) is 13.0. The third-order valence-electron chi connectivity index (χ3n) is 2.27. The number of carbonyl (C=O) groups is 2. The molecule has 0 aliphatic carbocycles. The number of amides is 1. The summed E-state index contributed by atoms with van der Waals surface area (Å²) < 4.78 is 4.70. The average Bonchev–Trinajstić information content (AvgIpc) is 2.30. The standard InChI is InChI=1S/C12H16N2O3/c1-3-17-10(15)7-14-12(16)9-6-4-5-8(2)11(9)13/h4-6H,3,7,13H2,1-2H3,(H,14,16). The Morgan fingerprint density at radius 3 is 2.76 bits per heavy atom. The summed E-state index contributed by atoms with van der Waals surface area (Å²) in [6.07, 6.45) is 0. The van der Waals surface area contributed by atoms with Crippen molar-refractivity contribution in [3.05, 3.63) is 29.3 Å². The molecule has 0 saturated heterocycles. The first-order chi connectivity index (χ1) is 8.06. The summed E-state index contributed by atoms with van der Waals surface area (Å²) in [6.45, 7) is 3.66. The second-order valence-corrected chi connectivity index (χ2v) is 3.52. The van der Waals surface area contributed by atoms with Crippen LogP contribution in [-0.2, 0) is 9.53 Å². The second kappa shape index (κ2) is 5.89. The molecule has 5 heteroatoms. The van der Waals surface area contributed by atoms with Gasteiger partial charge in [-0.3, -0.25) is 9.59 Å². The largest absolute Gasteiger partial charge is 0.465 e. The van der Waals surface area contributed by atoms with Crippen molar-refractivity contribution in [1.29, 1.82) is 0 Å². The molecule has 5 nitrogen and oxygen atoms in total. The van der Waals surface area contributed by atoms with Gasteiger partial charge in [-0.25, -0.2) is 0 Å². The summed E-state index contributed by atoms with van der Waals surface area (Å²) in [4.78, 5) is 22.8. The molecule has 0 aliphatic heterocycles. The Bertz CT molecular complexity index is 430. The minimum absolute atomic E-state index is 0.153. The Hall–Kier alpha value is -2.04. The van der Waals surface area contributed by atoms with Crippen LogP contribution in [0.4, 0.5) is 5.69 Å². The van der Waals surface area contributed by atoms with Crippen molar-refractivity contribution in [1.82, 2.24) is 5.32 Å². The molecule has 0 unspecified atom stereocenters. The predicted molar refractivity (Wildman–Crippen MR) is 64.6 cm³/mol. The van der Waals surface area contributed by atoms with E-state index in [1.807, 2.05) is 13.0 Å². The quantitative estimate of drug-likeness (QED) is 0.600. The van der Waals surface area contributed by atoms with E-state index in [0.717, 1.165) is 5.56 Å². The molecule has 92 valence electrons. The summed E-state index contributed by atoms with van der Waals surface area (Å²) in [7, 11) is 0. The van der Waals surface area contributed by atoms with Crippen LogP contribution in [-0.4, -0.2) is 25.0 Å². The Kier molecular flexibility index (Phi) is 4.51. The second-order valence-electron chi connectivity index (χ2n) is 3.52. The highest BCUT2D eigenvalue weighted by atomic mass is 16.5. The summed E-state index contributed by atoms with van der Waals surface area (Å²) in [5.41, 5.74) is 7.39. The van der Waals surface area contributed by atoms with E-state index in [2.05, 4.69) is 5.32 Å². The lowest BCUT2D eigenvalue weighted by atomic mass is 10.1. The van der Waals surface area contributed by atoms with Crippen LogP contribution >= 0.6 is 0 Å². The van der Waals surface area contributed by atoms with Crippen LogP contribution in [0.15, 0.2) is 18.2 Å². The van der Waals surface area contributed by atoms with Crippen molar-refractivity contribution >= 4 is 17.6 Å². The Balaban J connectivity index is 2.64. The molecule has 1 amide bonds. The molecule has 0 spiro atoms. The van der Waals surface area contributed by atoms with Crippen LogP contribution < -0.4 is 11.1 Å². The van der Waals surface area contributed by atoms with Gasteiger partial charge >= 0.3 is 5.97 Å². The third-order valence-corrected chi connectivity index (χ3v) is 2.27. The molecule has 0 aliphatic rings.